The van der Waals surface area contributed by atoms with E-state index >= 15 is 0 Å². The Kier molecular flexibility index (Phi) is 6.11. The standard InChI is InChI=1S/C23H24FN3O2S/c1-15-2-4-16(5-3-15)13-27-9-8-19(14-27)26-22(28)12-25-23(29)21-11-17-10-18(24)6-7-20(17)30-21/h2-7,10-11,19H,8-9,12-14H2,1H3,(H,25,29)(H,26,28)/t19-/m1/s1. The molecule has 0 bridgehead atoms. The first-order valence-electron chi connectivity index (χ1n) is 10.0. The first-order chi connectivity index (χ1) is 14.5. The highest BCUT2D eigenvalue weighted by Crippen LogP contribution is 2.26. The molecule has 1 saturated heterocycles. The Hall–Kier alpha value is -2.77. The van der Waals surface area contributed by atoms with Gasteiger partial charge in [0.1, 0.15) is 5.82 Å². The van der Waals surface area contributed by atoms with E-state index in [-0.39, 0.29) is 30.2 Å². The number of carbonyl (C=O) groups is 2. The summed E-state index contributed by atoms with van der Waals surface area (Å²) in [5, 5.41) is 6.35. The van der Waals surface area contributed by atoms with Gasteiger partial charge in [-0.1, -0.05) is 29.8 Å². The van der Waals surface area contributed by atoms with Crippen molar-refractivity contribution in [2.75, 3.05) is 19.6 Å². The van der Waals surface area contributed by atoms with E-state index in [0.29, 0.717) is 10.3 Å². The Bertz CT molecular complexity index is 1060. The Morgan fingerprint density at radius 2 is 1.97 bits per heavy atom. The van der Waals surface area contributed by atoms with Crippen LogP contribution in [0.1, 0.15) is 27.2 Å². The molecule has 3 aromatic rings. The number of halogens is 1. The fourth-order valence-electron chi connectivity index (χ4n) is 3.70. The second-order valence-electron chi connectivity index (χ2n) is 7.75. The molecule has 1 aromatic heterocycles. The predicted octanol–water partition coefficient (Wildman–Crippen LogP) is 3.47. The summed E-state index contributed by atoms with van der Waals surface area (Å²) < 4.78 is 14.1. The molecule has 30 heavy (non-hydrogen) atoms. The van der Waals surface area contributed by atoms with Crippen molar-refractivity contribution < 1.29 is 14.0 Å². The third kappa shape index (κ3) is 5.04. The first kappa shape index (κ1) is 20.5. The third-order valence-corrected chi connectivity index (χ3v) is 6.39. The molecule has 5 nitrogen and oxygen atoms in total. The summed E-state index contributed by atoms with van der Waals surface area (Å²) in [7, 11) is 0. The van der Waals surface area contributed by atoms with E-state index < -0.39 is 0 Å². The number of benzene rings is 2. The van der Waals surface area contributed by atoms with Crippen LogP contribution in [-0.2, 0) is 11.3 Å². The molecule has 0 aliphatic carbocycles. The zero-order valence-electron chi connectivity index (χ0n) is 16.8. The Labute approximate surface area is 178 Å². The topological polar surface area (TPSA) is 61.4 Å². The van der Waals surface area contributed by atoms with Gasteiger partial charge in [-0.15, -0.1) is 11.3 Å². The first-order valence-corrected chi connectivity index (χ1v) is 10.8. The highest BCUT2D eigenvalue weighted by molar-refractivity contribution is 7.20. The van der Waals surface area contributed by atoms with Gasteiger partial charge in [-0.2, -0.15) is 0 Å². The summed E-state index contributed by atoms with van der Waals surface area (Å²) >= 11 is 1.28. The van der Waals surface area contributed by atoms with Gasteiger partial charge < -0.3 is 10.6 Å². The maximum Gasteiger partial charge on any atom is 0.261 e. The number of thiophene rings is 1. The molecular weight excluding hydrogens is 401 g/mol. The molecular formula is C23H24FN3O2S. The number of likely N-dealkylation sites (tertiary alicyclic amines) is 1. The lowest BCUT2D eigenvalue weighted by Crippen LogP contribution is -2.43. The van der Waals surface area contributed by atoms with Gasteiger partial charge in [0.05, 0.1) is 11.4 Å². The van der Waals surface area contributed by atoms with Crippen LogP contribution in [-0.4, -0.2) is 42.4 Å². The minimum atomic E-state index is -0.334. The summed E-state index contributed by atoms with van der Waals surface area (Å²) in [6.45, 7) is 4.61. The van der Waals surface area contributed by atoms with Crippen LogP contribution in [0.15, 0.2) is 48.5 Å². The van der Waals surface area contributed by atoms with Gasteiger partial charge in [-0.25, -0.2) is 4.39 Å². The number of carbonyl (C=O) groups excluding carboxylic acids is 2. The maximum absolute atomic E-state index is 13.3. The van der Waals surface area contributed by atoms with Gasteiger partial charge in [0.2, 0.25) is 5.91 Å². The molecule has 7 heteroatoms. The summed E-state index contributed by atoms with van der Waals surface area (Å²) in [5.74, 6) is -0.850. The summed E-state index contributed by atoms with van der Waals surface area (Å²) in [4.78, 5) is 27.4. The smallest absolute Gasteiger partial charge is 0.261 e. The fourth-order valence-corrected chi connectivity index (χ4v) is 4.66. The van der Waals surface area contributed by atoms with Crippen LogP contribution in [0.2, 0.25) is 0 Å². The average Bonchev–Trinajstić information content (AvgIpc) is 3.34. The molecule has 1 atom stereocenters. The molecule has 2 aromatic carbocycles. The van der Waals surface area contributed by atoms with Crippen LogP contribution in [0, 0.1) is 12.7 Å². The summed E-state index contributed by atoms with van der Waals surface area (Å²) in [5.41, 5.74) is 2.51. The largest absolute Gasteiger partial charge is 0.350 e. The molecule has 156 valence electrons. The molecule has 2 N–H and O–H groups in total. The minimum absolute atomic E-state index is 0.0735. The van der Waals surface area contributed by atoms with Crippen LogP contribution < -0.4 is 10.6 Å². The molecule has 1 aliphatic rings. The van der Waals surface area contributed by atoms with Crippen molar-refractivity contribution in [1.82, 2.24) is 15.5 Å². The number of nitrogens with zero attached hydrogens (tertiary/aromatic N) is 1. The van der Waals surface area contributed by atoms with Gasteiger partial charge >= 0.3 is 0 Å². The number of rotatable bonds is 6. The minimum Gasteiger partial charge on any atom is -0.350 e. The summed E-state index contributed by atoms with van der Waals surface area (Å²) in [6.07, 6.45) is 0.896. The van der Waals surface area contributed by atoms with Crippen LogP contribution in [0.3, 0.4) is 0 Å². The van der Waals surface area contributed by atoms with E-state index in [2.05, 4.69) is 46.7 Å². The van der Waals surface area contributed by atoms with E-state index in [1.807, 2.05) is 0 Å². The highest BCUT2D eigenvalue weighted by Gasteiger charge is 2.24. The van der Waals surface area contributed by atoms with Crippen LogP contribution in [0.25, 0.3) is 10.1 Å². The quantitative estimate of drug-likeness (QED) is 0.636. The van der Waals surface area contributed by atoms with Gasteiger partial charge in [-0.05, 0) is 48.6 Å². The predicted molar refractivity (Wildman–Crippen MR) is 117 cm³/mol. The second-order valence-corrected chi connectivity index (χ2v) is 8.83. The molecule has 0 unspecified atom stereocenters. The molecule has 2 heterocycles. The number of amides is 2. The van der Waals surface area contributed by atoms with E-state index in [1.165, 1.54) is 34.6 Å². The van der Waals surface area contributed by atoms with Crippen LogP contribution in [0.5, 0.6) is 0 Å². The van der Waals surface area contributed by atoms with Crippen molar-refractivity contribution in [3.63, 3.8) is 0 Å². The lowest BCUT2D eigenvalue weighted by Gasteiger charge is -2.17. The Morgan fingerprint density at radius 3 is 2.77 bits per heavy atom. The zero-order valence-corrected chi connectivity index (χ0v) is 17.6. The number of hydrogen-bond acceptors (Lipinski definition) is 4. The van der Waals surface area contributed by atoms with Gasteiger partial charge in [0, 0.05) is 30.4 Å². The SMILES string of the molecule is Cc1ccc(CN2CC[C@@H](NC(=O)CNC(=O)c3cc4cc(F)ccc4s3)C2)cc1. The zero-order chi connectivity index (χ0) is 21.1. The molecule has 1 fully saturated rings. The normalized spacial score (nSPS) is 16.7. The molecule has 4 rings (SSSR count). The van der Waals surface area contributed by atoms with E-state index in [1.54, 1.807) is 12.1 Å². The highest BCUT2D eigenvalue weighted by atomic mass is 32.1. The average molecular weight is 426 g/mol. The molecule has 2 amide bonds. The van der Waals surface area contributed by atoms with Gasteiger partial charge in [0.25, 0.3) is 5.91 Å². The molecule has 0 saturated carbocycles. The van der Waals surface area contributed by atoms with Gasteiger partial charge in [-0.3, -0.25) is 14.5 Å². The van der Waals surface area contributed by atoms with Crippen molar-refractivity contribution in [2.24, 2.45) is 0 Å². The fraction of sp³-hybridized carbons (Fsp3) is 0.304. The Morgan fingerprint density at radius 1 is 1.17 bits per heavy atom. The van der Waals surface area contributed by atoms with Gasteiger partial charge in [0.15, 0.2) is 0 Å². The van der Waals surface area contributed by atoms with E-state index in [9.17, 15) is 14.0 Å². The maximum atomic E-state index is 13.3. The number of fused-ring (bicyclic) bond motifs is 1. The second kappa shape index (κ2) is 8.93. The molecule has 1 aliphatic heterocycles. The third-order valence-electron chi connectivity index (χ3n) is 5.28. The molecule has 0 spiro atoms. The number of nitrogens with one attached hydrogen (secondary N) is 2. The lowest BCUT2D eigenvalue weighted by molar-refractivity contribution is -0.120. The van der Waals surface area contributed by atoms with Crippen LogP contribution >= 0.6 is 11.3 Å². The molecule has 0 radical (unpaired) electrons. The van der Waals surface area contributed by atoms with Crippen LogP contribution in [0.4, 0.5) is 4.39 Å². The van der Waals surface area contributed by atoms with Crippen molar-refractivity contribution >= 4 is 33.2 Å². The number of aryl methyl sites for hydroxylation is 1. The van der Waals surface area contributed by atoms with Crippen molar-refractivity contribution in [1.29, 1.82) is 0 Å². The van der Waals surface area contributed by atoms with Crippen molar-refractivity contribution in [2.45, 2.75) is 25.9 Å². The summed E-state index contributed by atoms with van der Waals surface area (Å²) in [6, 6.07) is 14.7. The monoisotopic (exact) mass is 425 g/mol. The van der Waals surface area contributed by atoms with Crippen molar-refractivity contribution in [3.8, 4) is 0 Å². The number of hydrogen-bond donors (Lipinski definition) is 2. The van der Waals surface area contributed by atoms with E-state index in [0.717, 1.165) is 30.8 Å². The Balaban J connectivity index is 1.23. The van der Waals surface area contributed by atoms with E-state index in [4.69, 9.17) is 0 Å². The lowest BCUT2D eigenvalue weighted by atomic mass is 10.1. The van der Waals surface area contributed by atoms with Crippen molar-refractivity contribution in [3.05, 3.63) is 70.4 Å².